The number of aromatic amines is 1. The van der Waals surface area contributed by atoms with Crippen molar-refractivity contribution >= 4 is 22.6 Å². The maximum absolute atomic E-state index is 12.2. The SMILES string of the molecule is Cc1ccc(NC(=O)NCCC2C(c3c(C)[nH]c4ccccc34)C2(C)C)cc1. The van der Waals surface area contributed by atoms with Crippen molar-refractivity contribution in [1.82, 2.24) is 10.3 Å². The maximum Gasteiger partial charge on any atom is 0.319 e. The summed E-state index contributed by atoms with van der Waals surface area (Å²) < 4.78 is 0. The number of aryl methyl sites for hydroxylation is 2. The van der Waals surface area contributed by atoms with Gasteiger partial charge in [-0.05, 0) is 61.3 Å². The molecule has 4 heteroatoms. The number of H-pyrrole nitrogens is 1. The van der Waals surface area contributed by atoms with E-state index in [-0.39, 0.29) is 11.4 Å². The maximum atomic E-state index is 12.2. The third-order valence-corrected chi connectivity index (χ3v) is 6.36. The van der Waals surface area contributed by atoms with Crippen LogP contribution in [-0.4, -0.2) is 17.6 Å². The molecule has 0 aliphatic heterocycles. The molecule has 2 aromatic carbocycles. The second-order valence-electron chi connectivity index (χ2n) is 8.65. The summed E-state index contributed by atoms with van der Waals surface area (Å²) in [5, 5.41) is 7.25. The van der Waals surface area contributed by atoms with E-state index in [0.29, 0.717) is 18.4 Å². The first-order chi connectivity index (χ1) is 13.4. The molecule has 4 nitrogen and oxygen atoms in total. The van der Waals surface area contributed by atoms with Gasteiger partial charge in [-0.1, -0.05) is 49.7 Å². The molecule has 28 heavy (non-hydrogen) atoms. The predicted octanol–water partition coefficient (Wildman–Crippen LogP) is 5.74. The lowest BCUT2D eigenvalue weighted by Crippen LogP contribution is -2.29. The fourth-order valence-electron chi connectivity index (χ4n) is 4.71. The Morgan fingerprint density at radius 2 is 1.79 bits per heavy atom. The molecule has 1 fully saturated rings. The van der Waals surface area contributed by atoms with Crippen LogP contribution in [0.15, 0.2) is 48.5 Å². The average molecular weight is 376 g/mol. The lowest BCUT2D eigenvalue weighted by molar-refractivity contribution is 0.251. The molecule has 3 aromatic rings. The highest BCUT2D eigenvalue weighted by Crippen LogP contribution is 2.67. The minimum Gasteiger partial charge on any atom is -0.358 e. The van der Waals surface area contributed by atoms with E-state index < -0.39 is 0 Å². The van der Waals surface area contributed by atoms with Crippen molar-refractivity contribution in [1.29, 1.82) is 0 Å². The van der Waals surface area contributed by atoms with E-state index in [4.69, 9.17) is 0 Å². The summed E-state index contributed by atoms with van der Waals surface area (Å²) in [5.41, 5.74) is 6.20. The van der Waals surface area contributed by atoms with E-state index in [1.54, 1.807) is 0 Å². The number of benzene rings is 2. The van der Waals surface area contributed by atoms with Gasteiger partial charge in [-0.15, -0.1) is 0 Å². The molecule has 0 saturated heterocycles. The third kappa shape index (κ3) is 3.39. The zero-order chi connectivity index (χ0) is 19.9. The van der Waals surface area contributed by atoms with Gasteiger partial charge in [-0.3, -0.25) is 0 Å². The number of aromatic nitrogens is 1. The van der Waals surface area contributed by atoms with Gasteiger partial charge < -0.3 is 15.6 Å². The van der Waals surface area contributed by atoms with Crippen LogP contribution in [0.2, 0.25) is 0 Å². The van der Waals surface area contributed by atoms with Crippen LogP contribution in [0.4, 0.5) is 10.5 Å². The van der Waals surface area contributed by atoms with Crippen molar-refractivity contribution < 1.29 is 4.79 Å². The quantitative estimate of drug-likeness (QED) is 0.523. The number of anilines is 1. The minimum atomic E-state index is -0.137. The summed E-state index contributed by atoms with van der Waals surface area (Å²) in [6.45, 7) is 9.58. The molecule has 2 atom stereocenters. The first kappa shape index (κ1) is 18.6. The second-order valence-corrected chi connectivity index (χ2v) is 8.65. The number of hydrogen-bond acceptors (Lipinski definition) is 1. The van der Waals surface area contributed by atoms with E-state index in [9.17, 15) is 4.79 Å². The van der Waals surface area contributed by atoms with E-state index in [2.05, 4.69) is 60.7 Å². The molecule has 1 saturated carbocycles. The predicted molar refractivity (Wildman–Crippen MR) is 116 cm³/mol. The molecule has 1 aromatic heterocycles. The largest absolute Gasteiger partial charge is 0.358 e. The Bertz CT molecular complexity index is 1000. The van der Waals surface area contributed by atoms with Gasteiger partial charge in [0.25, 0.3) is 0 Å². The zero-order valence-corrected chi connectivity index (χ0v) is 17.1. The topological polar surface area (TPSA) is 56.9 Å². The molecule has 1 heterocycles. The van der Waals surface area contributed by atoms with Crippen molar-refractivity contribution in [2.24, 2.45) is 11.3 Å². The first-order valence-electron chi connectivity index (χ1n) is 10.1. The second kappa shape index (κ2) is 7.01. The van der Waals surface area contributed by atoms with Gasteiger partial charge in [-0.25, -0.2) is 4.79 Å². The molecule has 0 radical (unpaired) electrons. The van der Waals surface area contributed by atoms with Crippen molar-refractivity contribution in [2.45, 2.75) is 40.0 Å². The summed E-state index contributed by atoms with van der Waals surface area (Å²) >= 11 is 0. The number of amides is 2. The number of rotatable bonds is 5. The average Bonchev–Trinajstić information content (AvgIpc) is 3.02. The van der Waals surface area contributed by atoms with E-state index >= 15 is 0 Å². The van der Waals surface area contributed by atoms with Gasteiger partial charge in [-0.2, -0.15) is 0 Å². The summed E-state index contributed by atoms with van der Waals surface area (Å²) in [6, 6.07) is 16.3. The smallest absolute Gasteiger partial charge is 0.319 e. The molecule has 146 valence electrons. The van der Waals surface area contributed by atoms with Crippen LogP contribution in [-0.2, 0) is 0 Å². The Morgan fingerprint density at radius 1 is 1.07 bits per heavy atom. The Kier molecular flexibility index (Phi) is 4.66. The highest BCUT2D eigenvalue weighted by Gasteiger charge is 2.58. The van der Waals surface area contributed by atoms with Crippen LogP contribution in [0.5, 0.6) is 0 Å². The number of fused-ring (bicyclic) bond motifs is 1. The van der Waals surface area contributed by atoms with Crippen molar-refractivity contribution in [3.05, 3.63) is 65.4 Å². The minimum absolute atomic E-state index is 0.137. The summed E-state index contributed by atoms with van der Waals surface area (Å²) in [4.78, 5) is 15.7. The number of para-hydroxylation sites is 1. The van der Waals surface area contributed by atoms with Crippen LogP contribution in [0.3, 0.4) is 0 Å². The Labute approximate surface area is 166 Å². The summed E-state index contributed by atoms with van der Waals surface area (Å²) in [6.07, 6.45) is 0.984. The van der Waals surface area contributed by atoms with Crippen LogP contribution < -0.4 is 10.6 Å². The van der Waals surface area contributed by atoms with Gasteiger partial charge in [0.05, 0.1) is 0 Å². The van der Waals surface area contributed by atoms with E-state index in [1.165, 1.54) is 27.7 Å². The molecular formula is C24H29N3O. The van der Waals surface area contributed by atoms with Gasteiger partial charge in [0.1, 0.15) is 0 Å². The molecule has 4 rings (SSSR count). The molecule has 3 N–H and O–H groups in total. The Hall–Kier alpha value is -2.75. The molecule has 0 spiro atoms. The van der Waals surface area contributed by atoms with Gasteiger partial charge in [0, 0.05) is 28.8 Å². The van der Waals surface area contributed by atoms with Gasteiger partial charge in [0.2, 0.25) is 0 Å². The highest BCUT2D eigenvalue weighted by atomic mass is 16.2. The van der Waals surface area contributed by atoms with Crippen LogP contribution in [0, 0.1) is 25.2 Å². The summed E-state index contributed by atoms with van der Waals surface area (Å²) in [5.74, 6) is 1.11. The number of carbonyl (C=O) groups excluding carboxylic acids is 1. The molecule has 0 bridgehead atoms. The first-order valence-corrected chi connectivity index (χ1v) is 10.1. The number of carbonyl (C=O) groups is 1. The van der Waals surface area contributed by atoms with Crippen molar-refractivity contribution in [3.63, 3.8) is 0 Å². The van der Waals surface area contributed by atoms with Gasteiger partial charge >= 0.3 is 6.03 Å². The Morgan fingerprint density at radius 3 is 2.54 bits per heavy atom. The highest BCUT2D eigenvalue weighted by molar-refractivity contribution is 5.89. The molecular weight excluding hydrogens is 346 g/mol. The van der Waals surface area contributed by atoms with E-state index in [0.717, 1.165) is 12.1 Å². The van der Waals surface area contributed by atoms with Crippen LogP contribution in [0.1, 0.15) is 43.0 Å². The third-order valence-electron chi connectivity index (χ3n) is 6.36. The monoisotopic (exact) mass is 375 g/mol. The van der Waals surface area contributed by atoms with Gasteiger partial charge in [0.15, 0.2) is 0 Å². The van der Waals surface area contributed by atoms with Crippen LogP contribution in [0.25, 0.3) is 10.9 Å². The molecule has 2 amide bonds. The van der Waals surface area contributed by atoms with Crippen molar-refractivity contribution in [2.75, 3.05) is 11.9 Å². The standard InChI is InChI=1S/C24H29N3O/c1-15-9-11-17(12-10-15)27-23(28)25-14-13-19-22(24(19,3)4)21-16(2)26-20-8-6-5-7-18(20)21/h5-12,19,22,26H,13-14H2,1-4H3,(H2,25,27,28). The number of nitrogens with one attached hydrogen (secondary N) is 3. The zero-order valence-electron chi connectivity index (χ0n) is 17.1. The van der Waals surface area contributed by atoms with Crippen molar-refractivity contribution in [3.8, 4) is 0 Å². The molecule has 1 aliphatic rings. The fourth-order valence-corrected chi connectivity index (χ4v) is 4.71. The molecule has 1 aliphatic carbocycles. The van der Waals surface area contributed by atoms with E-state index in [1.807, 2.05) is 31.2 Å². The number of urea groups is 1. The van der Waals surface area contributed by atoms with Crippen LogP contribution >= 0.6 is 0 Å². The fraction of sp³-hybridized carbons (Fsp3) is 0.375. The number of hydrogen-bond donors (Lipinski definition) is 3. The molecule has 2 unspecified atom stereocenters. The summed E-state index contributed by atoms with van der Waals surface area (Å²) in [7, 11) is 0. The lowest BCUT2D eigenvalue weighted by atomic mass is 10.0. The Balaban J connectivity index is 1.37. The normalized spacial score (nSPS) is 20.1. The lowest BCUT2D eigenvalue weighted by Gasteiger charge is -2.08.